The lowest BCUT2D eigenvalue weighted by Gasteiger charge is -2.15. The normalized spacial score (nSPS) is 11.9. The molecule has 0 saturated carbocycles. The molecule has 5 nitrogen and oxygen atoms in total. The van der Waals surface area contributed by atoms with E-state index in [2.05, 4.69) is 10.4 Å². The van der Waals surface area contributed by atoms with Gasteiger partial charge in [-0.15, -0.1) is 0 Å². The lowest BCUT2D eigenvalue weighted by atomic mass is 10.1. The highest BCUT2D eigenvalue weighted by Gasteiger charge is 2.19. The molecule has 0 aliphatic carbocycles. The maximum absolute atomic E-state index is 13.1. The molecule has 8 heteroatoms. The maximum atomic E-state index is 13.1. The summed E-state index contributed by atoms with van der Waals surface area (Å²) in [7, 11) is 0. The fraction of sp³-hybridized carbons (Fsp3) is 0.105. The van der Waals surface area contributed by atoms with E-state index in [0.29, 0.717) is 22.0 Å². The van der Waals surface area contributed by atoms with Crippen LogP contribution in [0, 0.1) is 5.82 Å². The van der Waals surface area contributed by atoms with Gasteiger partial charge in [0.05, 0.1) is 16.4 Å². The van der Waals surface area contributed by atoms with Gasteiger partial charge in [0.1, 0.15) is 11.9 Å². The summed E-state index contributed by atoms with van der Waals surface area (Å²) in [4.78, 5) is 24.7. The molecule has 3 rings (SSSR count). The predicted molar refractivity (Wildman–Crippen MR) is 104 cm³/mol. The third kappa shape index (κ3) is 4.35. The van der Waals surface area contributed by atoms with Crippen LogP contribution in [0.25, 0.3) is 11.3 Å². The van der Waals surface area contributed by atoms with E-state index in [1.54, 1.807) is 31.2 Å². The Balaban J connectivity index is 1.88. The second-order valence-corrected chi connectivity index (χ2v) is 6.64. The van der Waals surface area contributed by atoms with Gasteiger partial charge in [-0.1, -0.05) is 23.2 Å². The quantitative estimate of drug-likeness (QED) is 0.691. The predicted octanol–water partition coefficient (Wildman–Crippen LogP) is 4.56. The van der Waals surface area contributed by atoms with Gasteiger partial charge in [-0.05, 0) is 55.5 Å². The zero-order valence-corrected chi connectivity index (χ0v) is 15.6. The Bertz CT molecular complexity index is 1050. The van der Waals surface area contributed by atoms with Gasteiger partial charge in [-0.2, -0.15) is 5.10 Å². The van der Waals surface area contributed by atoms with Crippen molar-refractivity contribution in [2.75, 3.05) is 5.32 Å². The Hall–Kier alpha value is -2.70. The molecule has 0 spiro atoms. The second kappa shape index (κ2) is 7.90. The number of carbonyl (C=O) groups is 1. The monoisotopic (exact) mass is 405 g/mol. The fourth-order valence-corrected chi connectivity index (χ4v) is 2.87. The number of hydrogen-bond donors (Lipinski definition) is 1. The molecule has 3 aromatic rings. The SMILES string of the molecule is CC(C(=O)Nc1ccc(Cl)cc1Cl)n1nc(-c2ccc(F)cc2)ccc1=O. The van der Waals surface area contributed by atoms with Crippen LogP contribution in [0.1, 0.15) is 13.0 Å². The van der Waals surface area contributed by atoms with Crippen LogP contribution in [0.15, 0.2) is 59.4 Å². The summed E-state index contributed by atoms with van der Waals surface area (Å²) in [5.74, 6) is -0.843. The highest BCUT2D eigenvalue weighted by atomic mass is 35.5. The van der Waals surface area contributed by atoms with Gasteiger partial charge in [-0.3, -0.25) is 9.59 Å². The molecule has 1 unspecified atom stereocenters. The maximum Gasteiger partial charge on any atom is 0.267 e. The largest absolute Gasteiger partial charge is 0.323 e. The molecule has 0 saturated heterocycles. The van der Waals surface area contributed by atoms with Gasteiger partial charge in [0.2, 0.25) is 5.91 Å². The van der Waals surface area contributed by atoms with Crippen LogP contribution >= 0.6 is 23.2 Å². The van der Waals surface area contributed by atoms with Gasteiger partial charge in [-0.25, -0.2) is 9.07 Å². The molecule has 1 aromatic heterocycles. The van der Waals surface area contributed by atoms with Crippen LogP contribution in [0.5, 0.6) is 0 Å². The van der Waals surface area contributed by atoms with Crippen molar-refractivity contribution in [2.24, 2.45) is 0 Å². The summed E-state index contributed by atoms with van der Waals surface area (Å²) in [6.07, 6.45) is 0. The molecule has 0 fully saturated rings. The zero-order chi connectivity index (χ0) is 19.6. The third-order valence-electron chi connectivity index (χ3n) is 3.90. The van der Waals surface area contributed by atoms with Crippen LogP contribution in [-0.4, -0.2) is 15.7 Å². The minimum Gasteiger partial charge on any atom is -0.323 e. The summed E-state index contributed by atoms with van der Waals surface area (Å²) in [5.41, 5.74) is 1.00. The minimum atomic E-state index is -0.898. The van der Waals surface area contributed by atoms with Gasteiger partial charge >= 0.3 is 0 Å². The molecule has 138 valence electrons. The van der Waals surface area contributed by atoms with Crippen LogP contribution in [-0.2, 0) is 4.79 Å². The number of benzene rings is 2. The van der Waals surface area contributed by atoms with E-state index in [9.17, 15) is 14.0 Å². The first-order chi connectivity index (χ1) is 12.8. The molecule has 0 radical (unpaired) electrons. The summed E-state index contributed by atoms with van der Waals surface area (Å²) in [6.45, 7) is 1.54. The van der Waals surface area contributed by atoms with Crippen molar-refractivity contribution >= 4 is 34.8 Å². The van der Waals surface area contributed by atoms with Crippen molar-refractivity contribution in [3.8, 4) is 11.3 Å². The van der Waals surface area contributed by atoms with Crippen molar-refractivity contribution < 1.29 is 9.18 Å². The Morgan fingerprint density at radius 2 is 1.81 bits per heavy atom. The first-order valence-corrected chi connectivity index (χ1v) is 8.72. The van der Waals surface area contributed by atoms with Crippen molar-refractivity contribution in [1.29, 1.82) is 0 Å². The van der Waals surface area contributed by atoms with Crippen LogP contribution < -0.4 is 10.9 Å². The number of nitrogens with zero attached hydrogens (tertiary/aromatic N) is 2. The van der Waals surface area contributed by atoms with Crippen LogP contribution in [0.2, 0.25) is 10.0 Å². The number of anilines is 1. The molecule has 27 heavy (non-hydrogen) atoms. The lowest BCUT2D eigenvalue weighted by molar-refractivity contribution is -0.119. The smallest absolute Gasteiger partial charge is 0.267 e. The molecular formula is C19H14Cl2FN3O2. The highest BCUT2D eigenvalue weighted by Crippen LogP contribution is 2.26. The second-order valence-electron chi connectivity index (χ2n) is 5.80. The van der Waals surface area contributed by atoms with Gasteiger partial charge in [0, 0.05) is 16.7 Å². The molecule has 0 aliphatic rings. The van der Waals surface area contributed by atoms with E-state index < -0.39 is 17.5 Å². The summed E-state index contributed by atoms with van der Waals surface area (Å²) < 4.78 is 14.2. The Kier molecular flexibility index (Phi) is 5.58. The average molecular weight is 406 g/mol. The van der Waals surface area contributed by atoms with E-state index in [0.717, 1.165) is 4.68 Å². The molecule has 1 heterocycles. The van der Waals surface area contributed by atoms with Crippen LogP contribution in [0.3, 0.4) is 0 Å². The number of carbonyl (C=O) groups excluding carboxylic acids is 1. The molecule has 1 atom stereocenters. The molecule has 0 bridgehead atoms. The van der Waals surface area contributed by atoms with Crippen molar-refractivity contribution in [3.05, 3.63) is 80.8 Å². The number of rotatable bonds is 4. The van der Waals surface area contributed by atoms with E-state index >= 15 is 0 Å². The molecular weight excluding hydrogens is 392 g/mol. The van der Waals surface area contributed by atoms with Crippen molar-refractivity contribution in [1.82, 2.24) is 9.78 Å². The molecule has 2 aromatic carbocycles. The topological polar surface area (TPSA) is 64.0 Å². The molecule has 1 N–H and O–H groups in total. The third-order valence-corrected chi connectivity index (χ3v) is 4.45. The number of nitrogens with one attached hydrogen (secondary N) is 1. The minimum absolute atomic E-state index is 0.281. The highest BCUT2D eigenvalue weighted by molar-refractivity contribution is 6.36. The number of aromatic nitrogens is 2. The molecule has 1 amide bonds. The lowest BCUT2D eigenvalue weighted by Crippen LogP contribution is -2.33. The van der Waals surface area contributed by atoms with Crippen LogP contribution in [0.4, 0.5) is 10.1 Å². The standard InChI is InChI=1S/C19H14Cl2FN3O2/c1-11(19(27)23-17-7-4-13(20)10-15(17)21)25-18(26)9-8-16(24-25)12-2-5-14(22)6-3-12/h2-11H,1H3,(H,23,27). The summed E-state index contributed by atoms with van der Waals surface area (Å²) >= 11 is 11.9. The Morgan fingerprint density at radius 3 is 2.48 bits per heavy atom. The zero-order valence-electron chi connectivity index (χ0n) is 14.1. The van der Waals surface area contributed by atoms with Gasteiger partial charge in [0.25, 0.3) is 5.56 Å². The van der Waals surface area contributed by atoms with E-state index in [1.165, 1.54) is 30.3 Å². The summed E-state index contributed by atoms with van der Waals surface area (Å²) in [5, 5.41) is 7.61. The Morgan fingerprint density at radius 1 is 1.11 bits per heavy atom. The Labute approximate surface area is 164 Å². The van der Waals surface area contributed by atoms with Gasteiger partial charge in [0.15, 0.2) is 0 Å². The van der Waals surface area contributed by atoms with Gasteiger partial charge < -0.3 is 5.32 Å². The van der Waals surface area contributed by atoms with Crippen molar-refractivity contribution in [2.45, 2.75) is 13.0 Å². The van der Waals surface area contributed by atoms with Crippen molar-refractivity contribution in [3.63, 3.8) is 0 Å². The first kappa shape index (κ1) is 19.1. The van der Waals surface area contributed by atoms with E-state index in [4.69, 9.17) is 23.2 Å². The average Bonchev–Trinajstić information content (AvgIpc) is 2.64. The molecule has 0 aliphatic heterocycles. The summed E-state index contributed by atoms with van der Waals surface area (Å²) in [6, 6.07) is 12.3. The fourth-order valence-electron chi connectivity index (χ4n) is 2.42. The number of hydrogen-bond acceptors (Lipinski definition) is 3. The first-order valence-electron chi connectivity index (χ1n) is 7.97. The van der Waals surface area contributed by atoms with E-state index in [-0.39, 0.29) is 10.8 Å². The van der Waals surface area contributed by atoms with E-state index in [1.807, 2.05) is 0 Å². The number of amides is 1. The number of halogens is 3.